The van der Waals surface area contributed by atoms with Gasteiger partial charge in [0.1, 0.15) is 0 Å². The zero-order valence-electron chi connectivity index (χ0n) is 12.6. The van der Waals surface area contributed by atoms with Crippen molar-refractivity contribution in [3.8, 4) is 0 Å². The lowest BCUT2D eigenvalue weighted by molar-refractivity contribution is -0.152. The van der Waals surface area contributed by atoms with Crippen molar-refractivity contribution >= 4 is 15.9 Å². The van der Waals surface area contributed by atoms with Gasteiger partial charge in [-0.05, 0) is 25.7 Å². The minimum Gasteiger partial charge on any atom is -0.381 e. The quantitative estimate of drug-likeness (QED) is 0.760. The molecular weight excluding hydrogens is 296 g/mol. The van der Waals surface area contributed by atoms with Crippen LogP contribution in [-0.4, -0.2) is 69.9 Å². The topological polar surface area (TPSA) is 84.9 Å². The van der Waals surface area contributed by atoms with E-state index in [2.05, 4.69) is 5.32 Å². The SMILES string of the molecule is C[C@]1(C(=O)NCC2CCOCC2)CN(S(C)(=O)=O)CCO1. The third-order valence-electron chi connectivity index (χ3n) is 4.08. The van der Waals surface area contributed by atoms with Gasteiger partial charge in [0, 0.05) is 26.3 Å². The lowest BCUT2D eigenvalue weighted by Crippen LogP contribution is -2.59. The van der Waals surface area contributed by atoms with Crippen LogP contribution in [0.25, 0.3) is 0 Å². The van der Waals surface area contributed by atoms with Crippen LogP contribution in [0.5, 0.6) is 0 Å². The van der Waals surface area contributed by atoms with Crippen LogP contribution >= 0.6 is 0 Å². The summed E-state index contributed by atoms with van der Waals surface area (Å²) in [7, 11) is -3.31. The smallest absolute Gasteiger partial charge is 0.253 e. The predicted octanol–water partition coefficient (Wildman–Crippen LogP) is -0.420. The molecule has 1 N–H and O–H groups in total. The second-order valence-electron chi connectivity index (χ2n) is 5.94. The molecule has 1 amide bonds. The Morgan fingerprint density at radius 1 is 1.33 bits per heavy atom. The number of rotatable bonds is 4. The van der Waals surface area contributed by atoms with Gasteiger partial charge >= 0.3 is 0 Å². The number of carbonyl (C=O) groups is 1. The maximum Gasteiger partial charge on any atom is 0.253 e. The molecule has 0 aromatic carbocycles. The number of nitrogens with zero attached hydrogens (tertiary/aromatic N) is 1. The predicted molar refractivity (Wildman–Crippen MR) is 77.3 cm³/mol. The van der Waals surface area contributed by atoms with Gasteiger partial charge in [-0.2, -0.15) is 4.31 Å². The van der Waals surface area contributed by atoms with Crippen LogP contribution in [0.2, 0.25) is 0 Å². The van der Waals surface area contributed by atoms with Crippen molar-refractivity contribution in [2.24, 2.45) is 5.92 Å². The highest BCUT2D eigenvalue weighted by atomic mass is 32.2. The highest BCUT2D eigenvalue weighted by Crippen LogP contribution is 2.20. The molecule has 122 valence electrons. The van der Waals surface area contributed by atoms with Gasteiger partial charge in [0.2, 0.25) is 10.0 Å². The molecule has 1 atom stereocenters. The summed E-state index contributed by atoms with van der Waals surface area (Å²) in [4.78, 5) is 12.3. The van der Waals surface area contributed by atoms with Crippen molar-refractivity contribution in [3.63, 3.8) is 0 Å². The molecule has 0 aliphatic carbocycles. The first-order valence-corrected chi connectivity index (χ1v) is 9.11. The average Bonchev–Trinajstić information content (AvgIpc) is 2.45. The Labute approximate surface area is 126 Å². The number of carbonyl (C=O) groups excluding carboxylic acids is 1. The molecule has 21 heavy (non-hydrogen) atoms. The van der Waals surface area contributed by atoms with Gasteiger partial charge in [-0.25, -0.2) is 8.42 Å². The molecule has 0 aromatic rings. The fraction of sp³-hybridized carbons (Fsp3) is 0.923. The normalized spacial score (nSPS) is 29.2. The molecule has 7 nitrogen and oxygen atoms in total. The van der Waals surface area contributed by atoms with Gasteiger partial charge in [-0.15, -0.1) is 0 Å². The number of hydrogen-bond donors (Lipinski definition) is 1. The number of hydrogen-bond acceptors (Lipinski definition) is 5. The van der Waals surface area contributed by atoms with Crippen LogP contribution in [0.1, 0.15) is 19.8 Å². The number of nitrogens with one attached hydrogen (secondary N) is 1. The molecule has 0 aromatic heterocycles. The maximum atomic E-state index is 12.3. The largest absolute Gasteiger partial charge is 0.381 e. The third kappa shape index (κ3) is 4.38. The number of sulfonamides is 1. The van der Waals surface area contributed by atoms with E-state index in [1.165, 1.54) is 4.31 Å². The van der Waals surface area contributed by atoms with Gasteiger partial charge in [0.25, 0.3) is 5.91 Å². The first-order valence-electron chi connectivity index (χ1n) is 7.26. The molecule has 0 radical (unpaired) electrons. The average molecular weight is 320 g/mol. The van der Waals surface area contributed by atoms with Crippen molar-refractivity contribution in [2.45, 2.75) is 25.4 Å². The molecule has 2 heterocycles. The Balaban J connectivity index is 1.90. The van der Waals surface area contributed by atoms with Crippen LogP contribution in [0.4, 0.5) is 0 Å². The lowest BCUT2D eigenvalue weighted by Gasteiger charge is -2.38. The van der Waals surface area contributed by atoms with E-state index < -0.39 is 15.6 Å². The van der Waals surface area contributed by atoms with E-state index in [4.69, 9.17) is 9.47 Å². The van der Waals surface area contributed by atoms with E-state index in [1.807, 2.05) is 0 Å². The fourth-order valence-corrected chi connectivity index (χ4v) is 3.52. The summed E-state index contributed by atoms with van der Waals surface area (Å²) in [6, 6.07) is 0. The summed E-state index contributed by atoms with van der Waals surface area (Å²) in [5, 5.41) is 2.89. The Morgan fingerprint density at radius 3 is 2.62 bits per heavy atom. The van der Waals surface area contributed by atoms with Gasteiger partial charge in [-0.3, -0.25) is 4.79 Å². The van der Waals surface area contributed by atoms with Gasteiger partial charge < -0.3 is 14.8 Å². The van der Waals surface area contributed by atoms with E-state index >= 15 is 0 Å². The zero-order valence-corrected chi connectivity index (χ0v) is 13.4. The first kappa shape index (κ1) is 16.7. The van der Waals surface area contributed by atoms with E-state index in [-0.39, 0.29) is 19.1 Å². The second kappa shape index (κ2) is 6.60. The number of morpholine rings is 1. The van der Waals surface area contributed by atoms with Gasteiger partial charge in [0.05, 0.1) is 19.4 Å². The van der Waals surface area contributed by atoms with Crippen molar-refractivity contribution < 1.29 is 22.7 Å². The Hall–Kier alpha value is -0.700. The summed E-state index contributed by atoms with van der Waals surface area (Å²) in [5.74, 6) is 0.170. The third-order valence-corrected chi connectivity index (χ3v) is 5.33. The van der Waals surface area contributed by atoms with Gasteiger partial charge in [0.15, 0.2) is 5.60 Å². The molecule has 2 fully saturated rings. The van der Waals surface area contributed by atoms with Crippen LogP contribution in [-0.2, 0) is 24.3 Å². The van der Waals surface area contributed by atoms with Crippen molar-refractivity contribution in [2.75, 3.05) is 45.7 Å². The Kier molecular flexibility index (Phi) is 5.24. The zero-order chi connectivity index (χ0) is 15.5. The standard InChI is InChI=1S/C13H24N2O5S/c1-13(10-15(5-8-20-13)21(2,17)18)12(16)14-9-11-3-6-19-7-4-11/h11H,3-10H2,1-2H3,(H,14,16)/t13-/m1/s1. The molecule has 2 rings (SSSR count). The lowest BCUT2D eigenvalue weighted by atomic mass is 9.99. The number of amides is 1. The van der Waals surface area contributed by atoms with Crippen LogP contribution in [0.15, 0.2) is 0 Å². The van der Waals surface area contributed by atoms with Crippen LogP contribution in [0, 0.1) is 5.92 Å². The van der Waals surface area contributed by atoms with Crippen molar-refractivity contribution in [1.82, 2.24) is 9.62 Å². The Morgan fingerprint density at radius 2 is 2.00 bits per heavy atom. The summed E-state index contributed by atoms with van der Waals surface area (Å²) >= 11 is 0. The van der Waals surface area contributed by atoms with Crippen molar-refractivity contribution in [1.29, 1.82) is 0 Å². The summed E-state index contributed by atoms with van der Waals surface area (Å²) in [5.41, 5.74) is -1.12. The minimum atomic E-state index is -3.31. The molecule has 0 bridgehead atoms. The van der Waals surface area contributed by atoms with E-state index in [9.17, 15) is 13.2 Å². The number of ether oxygens (including phenoxy) is 2. The van der Waals surface area contributed by atoms with Crippen molar-refractivity contribution in [3.05, 3.63) is 0 Å². The maximum absolute atomic E-state index is 12.3. The minimum absolute atomic E-state index is 0.0610. The fourth-order valence-electron chi connectivity index (χ4n) is 2.63. The molecule has 0 spiro atoms. The summed E-state index contributed by atoms with van der Waals surface area (Å²) in [6.07, 6.45) is 3.03. The van der Waals surface area contributed by atoms with E-state index in [0.29, 0.717) is 19.0 Å². The summed E-state index contributed by atoms with van der Waals surface area (Å²) in [6.45, 7) is 4.28. The Bertz CT molecular complexity index is 475. The molecule has 2 aliphatic heterocycles. The highest BCUT2D eigenvalue weighted by molar-refractivity contribution is 7.88. The molecule has 2 saturated heterocycles. The summed E-state index contributed by atoms with van der Waals surface area (Å²) < 4.78 is 35.4. The molecule has 0 saturated carbocycles. The monoisotopic (exact) mass is 320 g/mol. The van der Waals surface area contributed by atoms with E-state index in [0.717, 1.165) is 32.3 Å². The van der Waals surface area contributed by atoms with Gasteiger partial charge in [-0.1, -0.05) is 0 Å². The van der Waals surface area contributed by atoms with Crippen LogP contribution in [0.3, 0.4) is 0 Å². The highest BCUT2D eigenvalue weighted by Gasteiger charge is 2.41. The molecule has 0 unspecified atom stereocenters. The molecule has 2 aliphatic rings. The molecule has 8 heteroatoms. The first-order chi connectivity index (χ1) is 9.81. The molecular formula is C13H24N2O5S. The van der Waals surface area contributed by atoms with Crippen LogP contribution < -0.4 is 5.32 Å². The van der Waals surface area contributed by atoms with E-state index in [1.54, 1.807) is 6.92 Å². The second-order valence-corrected chi connectivity index (χ2v) is 7.92.